The van der Waals surface area contributed by atoms with Crippen molar-refractivity contribution in [2.24, 2.45) is 5.14 Å². The third-order valence-electron chi connectivity index (χ3n) is 3.47. The Bertz CT molecular complexity index is 943. The first kappa shape index (κ1) is 15.3. The van der Waals surface area contributed by atoms with Gasteiger partial charge in [0.1, 0.15) is 17.2 Å². The summed E-state index contributed by atoms with van der Waals surface area (Å²) in [5.74, 6) is 0.768. The molecule has 0 amide bonds. The van der Waals surface area contributed by atoms with Crippen LogP contribution < -0.4 is 5.14 Å². The average molecular weight is 330 g/mol. The zero-order valence-corrected chi connectivity index (χ0v) is 13.0. The Labute approximate surface area is 133 Å². The number of phenolic OH excluding ortho intramolecular Hbond substituents is 1. The molecule has 0 aliphatic rings. The average Bonchev–Trinajstić information content (AvgIpc) is 2.89. The van der Waals surface area contributed by atoms with Crippen LogP contribution >= 0.6 is 0 Å². The van der Waals surface area contributed by atoms with Gasteiger partial charge in [-0.1, -0.05) is 17.3 Å². The van der Waals surface area contributed by atoms with Gasteiger partial charge >= 0.3 is 0 Å². The Kier molecular flexibility index (Phi) is 3.67. The van der Waals surface area contributed by atoms with E-state index in [1.165, 1.54) is 12.1 Å². The van der Waals surface area contributed by atoms with E-state index in [1.54, 1.807) is 43.3 Å². The van der Waals surface area contributed by atoms with Crippen molar-refractivity contribution in [2.75, 3.05) is 0 Å². The van der Waals surface area contributed by atoms with E-state index in [0.29, 0.717) is 11.5 Å². The van der Waals surface area contributed by atoms with Crippen molar-refractivity contribution >= 4 is 10.0 Å². The van der Waals surface area contributed by atoms with Gasteiger partial charge < -0.3 is 9.63 Å². The van der Waals surface area contributed by atoms with Crippen LogP contribution in [0.25, 0.3) is 22.4 Å². The molecule has 0 bridgehead atoms. The van der Waals surface area contributed by atoms with Crippen molar-refractivity contribution in [1.29, 1.82) is 0 Å². The summed E-state index contributed by atoms with van der Waals surface area (Å²) in [6, 6.07) is 12.8. The van der Waals surface area contributed by atoms with Gasteiger partial charge in [-0.25, -0.2) is 13.6 Å². The highest BCUT2D eigenvalue weighted by molar-refractivity contribution is 7.89. The molecule has 3 aromatic rings. The predicted molar refractivity (Wildman–Crippen MR) is 85.2 cm³/mol. The Morgan fingerprint density at radius 2 is 1.57 bits per heavy atom. The van der Waals surface area contributed by atoms with Crippen LogP contribution in [0.4, 0.5) is 0 Å². The van der Waals surface area contributed by atoms with Crippen molar-refractivity contribution < 1.29 is 18.0 Å². The SMILES string of the molecule is Cc1onc(-c2ccc(O)cc2)c1-c1ccc(S(N)(=O)=O)cc1. The Morgan fingerprint density at radius 1 is 1.00 bits per heavy atom. The topological polar surface area (TPSA) is 106 Å². The summed E-state index contributed by atoms with van der Waals surface area (Å²) in [6.07, 6.45) is 0. The first-order chi connectivity index (χ1) is 10.9. The van der Waals surface area contributed by atoms with Crippen molar-refractivity contribution in [1.82, 2.24) is 5.16 Å². The van der Waals surface area contributed by atoms with Crippen LogP contribution in [0.15, 0.2) is 57.9 Å². The quantitative estimate of drug-likeness (QED) is 0.768. The van der Waals surface area contributed by atoms with Crippen molar-refractivity contribution in [3.8, 4) is 28.1 Å². The second kappa shape index (κ2) is 5.53. The smallest absolute Gasteiger partial charge is 0.238 e. The Morgan fingerprint density at radius 3 is 2.13 bits per heavy atom. The van der Waals surface area contributed by atoms with E-state index in [-0.39, 0.29) is 10.6 Å². The molecule has 0 saturated heterocycles. The molecule has 3 N–H and O–H groups in total. The maximum atomic E-state index is 11.3. The van der Waals surface area contributed by atoms with Gasteiger partial charge in [-0.3, -0.25) is 0 Å². The van der Waals surface area contributed by atoms with Crippen molar-refractivity contribution in [2.45, 2.75) is 11.8 Å². The lowest BCUT2D eigenvalue weighted by Gasteiger charge is -2.05. The molecule has 0 spiro atoms. The summed E-state index contributed by atoms with van der Waals surface area (Å²) < 4.78 is 28.0. The van der Waals surface area contributed by atoms with Crippen LogP contribution in [0.2, 0.25) is 0 Å². The number of primary sulfonamides is 1. The van der Waals surface area contributed by atoms with Gasteiger partial charge in [-0.05, 0) is 48.9 Å². The molecule has 0 fully saturated rings. The summed E-state index contributed by atoms with van der Waals surface area (Å²) in [6.45, 7) is 1.78. The third kappa shape index (κ3) is 2.96. The van der Waals surface area contributed by atoms with E-state index in [0.717, 1.165) is 16.7 Å². The van der Waals surface area contributed by atoms with Gasteiger partial charge in [0.15, 0.2) is 0 Å². The van der Waals surface area contributed by atoms with E-state index in [9.17, 15) is 13.5 Å². The summed E-state index contributed by atoms with van der Waals surface area (Å²) in [5.41, 5.74) is 2.92. The van der Waals surface area contributed by atoms with Gasteiger partial charge in [0.2, 0.25) is 10.0 Å². The van der Waals surface area contributed by atoms with Crippen LogP contribution in [-0.4, -0.2) is 18.7 Å². The van der Waals surface area contributed by atoms with Crippen LogP contribution in [0, 0.1) is 6.92 Å². The van der Waals surface area contributed by atoms with Crippen molar-refractivity contribution in [3.05, 3.63) is 54.3 Å². The highest BCUT2D eigenvalue weighted by Crippen LogP contribution is 2.35. The summed E-state index contributed by atoms with van der Waals surface area (Å²) in [4.78, 5) is 0.0431. The maximum absolute atomic E-state index is 11.3. The second-order valence-electron chi connectivity index (χ2n) is 5.08. The number of phenols is 1. The lowest BCUT2D eigenvalue weighted by Crippen LogP contribution is -2.11. The summed E-state index contributed by atoms with van der Waals surface area (Å²) >= 11 is 0. The van der Waals surface area contributed by atoms with E-state index >= 15 is 0 Å². The van der Waals surface area contributed by atoms with Gasteiger partial charge in [-0.15, -0.1) is 0 Å². The molecule has 118 valence electrons. The fraction of sp³-hybridized carbons (Fsp3) is 0.0625. The van der Waals surface area contributed by atoms with Gasteiger partial charge in [0, 0.05) is 5.56 Å². The molecular formula is C16H14N2O4S. The van der Waals surface area contributed by atoms with E-state index in [1.807, 2.05) is 0 Å². The number of nitrogens with two attached hydrogens (primary N) is 1. The largest absolute Gasteiger partial charge is 0.508 e. The molecule has 0 saturated carbocycles. The van der Waals surface area contributed by atoms with Crippen molar-refractivity contribution in [3.63, 3.8) is 0 Å². The first-order valence-electron chi connectivity index (χ1n) is 6.75. The molecule has 0 atom stereocenters. The Balaban J connectivity index is 2.10. The monoisotopic (exact) mass is 330 g/mol. The molecule has 0 aliphatic carbocycles. The molecule has 0 unspecified atom stereocenters. The van der Waals surface area contributed by atoms with Crippen LogP contribution in [-0.2, 0) is 10.0 Å². The zero-order valence-electron chi connectivity index (χ0n) is 12.2. The van der Waals surface area contributed by atoms with E-state index < -0.39 is 10.0 Å². The number of aromatic nitrogens is 1. The lowest BCUT2D eigenvalue weighted by molar-refractivity contribution is 0.400. The summed E-state index contributed by atoms with van der Waals surface area (Å²) in [7, 11) is -3.73. The second-order valence-corrected chi connectivity index (χ2v) is 6.64. The number of rotatable bonds is 3. The first-order valence-corrected chi connectivity index (χ1v) is 8.30. The molecule has 1 aromatic heterocycles. The lowest BCUT2D eigenvalue weighted by atomic mass is 9.99. The molecule has 0 radical (unpaired) electrons. The Hall–Kier alpha value is -2.64. The number of benzene rings is 2. The number of aromatic hydroxyl groups is 1. The number of hydrogen-bond donors (Lipinski definition) is 2. The third-order valence-corrected chi connectivity index (χ3v) is 4.40. The molecule has 7 heteroatoms. The standard InChI is InChI=1S/C16H14N2O4S/c1-10-15(11-4-8-14(9-5-11)23(17,20)21)16(18-22-10)12-2-6-13(19)7-3-12/h2-9,19H,1H3,(H2,17,20,21). The van der Waals surface area contributed by atoms with E-state index in [2.05, 4.69) is 5.16 Å². The van der Waals surface area contributed by atoms with E-state index in [4.69, 9.17) is 9.66 Å². The number of aryl methyl sites for hydroxylation is 1. The normalized spacial score (nSPS) is 11.6. The predicted octanol–water partition coefficient (Wildman–Crippen LogP) is 2.67. The van der Waals surface area contributed by atoms with Gasteiger partial charge in [-0.2, -0.15) is 0 Å². The number of nitrogens with zero attached hydrogens (tertiary/aromatic N) is 1. The minimum absolute atomic E-state index is 0.0431. The summed E-state index contributed by atoms with van der Waals surface area (Å²) in [5, 5.41) is 18.6. The van der Waals surface area contributed by atoms with Crippen LogP contribution in [0.5, 0.6) is 5.75 Å². The fourth-order valence-electron chi connectivity index (χ4n) is 2.34. The molecule has 2 aromatic carbocycles. The molecule has 1 heterocycles. The number of hydrogen-bond acceptors (Lipinski definition) is 5. The van der Waals surface area contributed by atoms with Crippen LogP contribution in [0.3, 0.4) is 0 Å². The minimum atomic E-state index is -3.73. The number of sulfonamides is 1. The fourth-order valence-corrected chi connectivity index (χ4v) is 2.86. The molecule has 23 heavy (non-hydrogen) atoms. The van der Waals surface area contributed by atoms with Gasteiger partial charge in [0.05, 0.1) is 10.5 Å². The minimum Gasteiger partial charge on any atom is -0.508 e. The molecular weight excluding hydrogens is 316 g/mol. The molecule has 6 nitrogen and oxygen atoms in total. The van der Waals surface area contributed by atoms with Crippen LogP contribution in [0.1, 0.15) is 5.76 Å². The molecule has 0 aliphatic heterocycles. The molecule has 3 rings (SSSR count). The zero-order chi connectivity index (χ0) is 16.6. The highest BCUT2D eigenvalue weighted by Gasteiger charge is 2.17. The maximum Gasteiger partial charge on any atom is 0.238 e. The van der Waals surface area contributed by atoms with Gasteiger partial charge in [0.25, 0.3) is 0 Å². The highest BCUT2D eigenvalue weighted by atomic mass is 32.2.